The number of nitro groups is 1. The molecule has 0 fully saturated rings. The van der Waals surface area contributed by atoms with Gasteiger partial charge >= 0.3 is 0 Å². The Morgan fingerprint density at radius 1 is 1.34 bits per heavy atom. The van der Waals surface area contributed by atoms with Gasteiger partial charge in [0.05, 0.1) is 16.0 Å². The van der Waals surface area contributed by atoms with Gasteiger partial charge in [0.1, 0.15) is 22.6 Å². The first-order valence-corrected chi connectivity index (χ1v) is 9.12. The molecule has 10 heteroatoms. The molecular formula is C19H20ClN3O6. The molecule has 1 aliphatic heterocycles. The molecule has 154 valence electrons. The second-order valence-corrected chi connectivity index (χ2v) is 8.04. The zero-order valence-corrected chi connectivity index (χ0v) is 17.0. The Morgan fingerprint density at radius 3 is 2.59 bits per heavy atom. The normalized spacial score (nSPS) is 22.3. The number of nitrogens with one attached hydrogen (secondary N) is 1. The smallest absolute Gasteiger partial charge is 0.275 e. The van der Waals surface area contributed by atoms with Gasteiger partial charge in [0.25, 0.3) is 11.2 Å². The van der Waals surface area contributed by atoms with Gasteiger partial charge in [-0.05, 0) is 32.9 Å². The molecule has 1 aromatic carbocycles. The van der Waals surface area contributed by atoms with Crippen LogP contribution in [0.25, 0.3) is 0 Å². The van der Waals surface area contributed by atoms with Crippen LogP contribution in [0, 0.1) is 10.1 Å². The molecule has 1 aromatic heterocycles. The van der Waals surface area contributed by atoms with Crippen molar-refractivity contribution in [3.05, 3.63) is 61.5 Å². The van der Waals surface area contributed by atoms with Gasteiger partial charge in [-0.3, -0.25) is 19.7 Å². The number of carbonyl (C=O) groups excluding carboxylic acids is 1. The van der Waals surface area contributed by atoms with Crippen molar-refractivity contribution >= 4 is 28.9 Å². The summed E-state index contributed by atoms with van der Waals surface area (Å²) in [4.78, 5) is 35.3. The quantitative estimate of drug-likeness (QED) is 0.580. The van der Waals surface area contributed by atoms with E-state index in [4.69, 9.17) is 16.3 Å². The van der Waals surface area contributed by atoms with Gasteiger partial charge in [0.2, 0.25) is 5.91 Å². The summed E-state index contributed by atoms with van der Waals surface area (Å²) >= 11 is 6.17. The number of hydrogen-bond donors (Lipinski definition) is 2. The largest absolute Gasteiger partial charge is 0.484 e. The number of aliphatic hydroxyl groups is 1. The van der Waals surface area contributed by atoms with E-state index in [0.717, 1.165) is 0 Å². The molecular weight excluding hydrogens is 402 g/mol. The molecule has 0 aliphatic carbocycles. The van der Waals surface area contributed by atoms with E-state index >= 15 is 0 Å². The van der Waals surface area contributed by atoms with Crippen LogP contribution in [-0.2, 0) is 4.79 Å². The maximum atomic E-state index is 13.1. The summed E-state index contributed by atoms with van der Waals surface area (Å²) in [6.07, 6.45) is 1.32. The van der Waals surface area contributed by atoms with Crippen molar-refractivity contribution in [3.63, 3.8) is 0 Å². The van der Waals surface area contributed by atoms with Crippen LogP contribution < -0.4 is 15.6 Å². The van der Waals surface area contributed by atoms with Crippen molar-refractivity contribution in [1.82, 2.24) is 4.57 Å². The number of nitro benzene ring substituents is 1. The van der Waals surface area contributed by atoms with E-state index in [1.807, 2.05) is 0 Å². The number of ether oxygens (including phenoxy) is 1. The highest BCUT2D eigenvalue weighted by Gasteiger charge is 2.54. The van der Waals surface area contributed by atoms with Crippen LogP contribution in [0.4, 0.5) is 11.4 Å². The minimum atomic E-state index is -1.67. The summed E-state index contributed by atoms with van der Waals surface area (Å²) in [5.74, 6) is -0.170. The van der Waals surface area contributed by atoms with Crippen molar-refractivity contribution in [2.45, 2.75) is 44.9 Å². The average molecular weight is 422 g/mol. The molecule has 29 heavy (non-hydrogen) atoms. The van der Waals surface area contributed by atoms with Gasteiger partial charge in [-0.2, -0.15) is 0 Å². The van der Waals surface area contributed by atoms with Crippen molar-refractivity contribution in [2.24, 2.45) is 0 Å². The lowest BCUT2D eigenvalue weighted by Gasteiger charge is -2.49. The summed E-state index contributed by atoms with van der Waals surface area (Å²) in [5, 5.41) is 25.2. The first kappa shape index (κ1) is 20.8. The number of benzene rings is 1. The number of fused-ring (bicyclic) bond motifs is 1. The predicted molar refractivity (Wildman–Crippen MR) is 107 cm³/mol. The lowest BCUT2D eigenvalue weighted by atomic mass is 9.75. The highest BCUT2D eigenvalue weighted by molar-refractivity contribution is 6.30. The fourth-order valence-electron chi connectivity index (χ4n) is 3.43. The van der Waals surface area contributed by atoms with Gasteiger partial charge in [-0.15, -0.1) is 0 Å². The van der Waals surface area contributed by atoms with E-state index in [1.165, 1.54) is 48.9 Å². The van der Waals surface area contributed by atoms with Gasteiger partial charge in [-0.25, -0.2) is 0 Å². The SMILES string of the molecule is CC(=O)Nc1cc(Cl)cn(C2c3cc([N+](=O)[O-])ccc3OC(C)(C)C2(C)O)c1=O. The number of hydrogen-bond acceptors (Lipinski definition) is 6. The summed E-state index contributed by atoms with van der Waals surface area (Å²) in [7, 11) is 0. The number of amides is 1. The van der Waals surface area contributed by atoms with Crippen molar-refractivity contribution in [3.8, 4) is 5.75 Å². The highest BCUT2D eigenvalue weighted by atomic mass is 35.5. The molecule has 2 aromatic rings. The average Bonchev–Trinajstić information content (AvgIpc) is 2.58. The summed E-state index contributed by atoms with van der Waals surface area (Å²) in [5.41, 5.74) is -3.48. The number of halogens is 1. The van der Waals surface area contributed by atoms with Gasteiger partial charge in [-0.1, -0.05) is 11.6 Å². The minimum Gasteiger partial charge on any atom is -0.484 e. The van der Waals surface area contributed by atoms with E-state index < -0.39 is 33.6 Å². The number of aromatic nitrogens is 1. The molecule has 0 bridgehead atoms. The van der Waals surface area contributed by atoms with Crippen LogP contribution in [0.5, 0.6) is 5.75 Å². The van der Waals surface area contributed by atoms with Crippen LogP contribution >= 0.6 is 11.6 Å². The van der Waals surface area contributed by atoms with E-state index in [1.54, 1.807) is 13.8 Å². The number of nitrogens with zero attached hydrogens (tertiary/aromatic N) is 2. The third-order valence-electron chi connectivity index (χ3n) is 5.21. The third kappa shape index (κ3) is 3.47. The summed E-state index contributed by atoms with van der Waals surface area (Å²) in [6, 6.07) is 4.21. The predicted octanol–water partition coefficient (Wildman–Crippen LogP) is 2.88. The number of rotatable bonds is 3. The second kappa shape index (κ2) is 6.85. The van der Waals surface area contributed by atoms with Crippen LogP contribution in [0.15, 0.2) is 35.3 Å². The van der Waals surface area contributed by atoms with E-state index in [9.17, 15) is 24.8 Å². The first-order valence-electron chi connectivity index (χ1n) is 8.74. The Labute approximate surface area is 171 Å². The first-order chi connectivity index (χ1) is 13.3. The minimum absolute atomic E-state index is 0.0721. The fraction of sp³-hybridized carbons (Fsp3) is 0.368. The number of pyridine rings is 1. The Morgan fingerprint density at radius 2 is 2.00 bits per heavy atom. The lowest BCUT2D eigenvalue weighted by Crippen LogP contribution is -2.60. The van der Waals surface area contributed by atoms with E-state index in [2.05, 4.69) is 5.32 Å². The molecule has 2 heterocycles. The number of non-ortho nitro benzene ring substituents is 1. The summed E-state index contributed by atoms with van der Waals surface area (Å²) in [6.45, 7) is 6.02. The van der Waals surface area contributed by atoms with Crippen molar-refractivity contribution in [1.29, 1.82) is 0 Å². The Balaban J connectivity index is 2.34. The number of anilines is 1. The molecule has 1 amide bonds. The van der Waals surface area contributed by atoms with Crippen LogP contribution in [-0.4, -0.2) is 31.7 Å². The monoisotopic (exact) mass is 421 g/mol. The van der Waals surface area contributed by atoms with Gasteiger partial charge < -0.3 is 19.7 Å². The molecule has 1 aliphatic rings. The fourth-order valence-corrected chi connectivity index (χ4v) is 3.64. The third-order valence-corrected chi connectivity index (χ3v) is 5.42. The molecule has 2 atom stereocenters. The van der Waals surface area contributed by atoms with Crippen LogP contribution in [0.1, 0.15) is 39.3 Å². The standard InChI is InChI=1S/C19H20ClN3O6/c1-10(24)21-14-7-11(20)9-22(17(14)25)16-13-8-12(23(27)28)5-6-15(13)29-18(2,3)19(16,4)26/h5-9,16,26H,1-4H3,(H,21,24). The Hall–Kier alpha value is -2.91. The Kier molecular flexibility index (Phi) is 4.92. The molecule has 0 spiro atoms. The zero-order chi connectivity index (χ0) is 21.7. The molecule has 0 saturated carbocycles. The van der Waals surface area contributed by atoms with E-state index in [-0.39, 0.29) is 22.0 Å². The van der Waals surface area contributed by atoms with Gasteiger partial charge in [0, 0.05) is 30.8 Å². The van der Waals surface area contributed by atoms with E-state index in [0.29, 0.717) is 5.75 Å². The summed E-state index contributed by atoms with van der Waals surface area (Å²) < 4.78 is 7.06. The molecule has 0 saturated heterocycles. The topological polar surface area (TPSA) is 124 Å². The van der Waals surface area contributed by atoms with Gasteiger partial charge in [0.15, 0.2) is 0 Å². The lowest BCUT2D eigenvalue weighted by molar-refractivity contribution is -0.385. The zero-order valence-electron chi connectivity index (χ0n) is 16.2. The molecule has 9 nitrogen and oxygen atoms in total. The number of carbonyl (C=O) groups is 1. The second-order valence-electron chi connectivity index (χ2n) is 7.61. The highest BCUT2D eigenvalue weighted by Crippen LogP contribution is 2.48. The molecule has 0 radical (unpaired) electrons. The maximum absolute atomic E-state index is 13.1. The van der Waals surface area contributed by atoms with Crippen molar-refractivity contribution < 1.29 is 19.6 Å². The molecule has 3 rings (SSSR count). The maximum Gasteiger partial charge on any atom is 0.275 e. The molecule has 2 N–H and O–H groups in total. The molecule has 2 unspecified atom stereocenters. The van der Waals surface area contributed by atoms with Crippen molar-refractivity contribution in [2.75, 3.05) is 5.32 Å². The van der Waals surface area contributed by atoms with Crippen LogP contribution in [0.3, 0.4) is 0 Å². The Bertz CT molecular complexity index is 1080. The van der Waals surface area contributed by atoms with Crippen LogP contribution in [0.2, 0.25) is 5.02 Å².